The molecular weight excluding hydrogens is 127 g/mol. The molecule has 0 aromatic rings. The van der Waals surface area contributed by atoms with Crippen molar-refractivity contribution in [3.8, 4) is 0 Å². The van der Waals surface area contributed by atoms with Gasteiger partial charge in [0.15, 0.2) is 0 Å². The highest BCUT2D eigenvalue weighted by molar-refractivity contribution is 6.59. The van der Waals surface area contributed by atoms with Crippen LogP contribution >= 0.6 is 0 Å². The van der Waals surface area contributed by atoms with Crippen LogP contribution in [0.5, 0.6) is 0 Å². The van der Waals surface area contributed by atoms with Crippen molar-refractivity contribution in [3.05, 3.63) is 11.0 Å². The van der Waals surface area contributed by atoms with E-state index in [9.17, 15) is 0 Å². The molecule has 1 rings (SSSR count). The van der Waals surface area contributed by atoms with Crippen molar-refractivity contribution >= 4 is 14.5 Å². The topological polar surface area (TPSA) is 9.23 Å². The second-order valence-corrected chi connectivity index (χ2v) is 5.78. The number of rotatable bonds is 1. The van der Waals surface area contributed by atoms with E-state index >= 15 is 0 Å². The van der Waals surface area contributed by atoms with Gasteiger partial charge in [0.05, 0.1) is 0 Å². The summed E-state index contributed by atoms with van der Waals surface area (Å²) in [6.45, 7) is 5.45. The van der Waals surface area contributed by atoms with E-state index in [4.69, 9.17) is 3.79 Å². The van der Waals surface area contributed by atoms with E-state index in [1.807, 2.05) is 0 Å². The highest BCUT2D eigenvalue weighted by atomic mass is 27.2. The Morgan fingerprint density at radius 2 is 2.33 bits per heavy atom. The minimum atomic E-state index is -0.880. The van der Waals surface area contributed by atoms with Crippen LogP contribution in [0.15, 0.2) is 11.0 Å². The van der Waals surface area contributed by atoms with Crippen LogP contribution in [0, 0.1) is 0 Å². The zero-order valence-corrected chi connectivity index (χ0v) is 7.29. The molecule has 0 aromatic heterocycles. The fraction of sp³-hybridized carbons (Fsp3) is 0.714. The molecule has 2 heteroatoms. The third kappa shape index (κ3) is 2.14. The molecular formula is C7H13AlO. The molecule has 0 atom stereocenters. The first kappa shape index (κ1) is 7.34. The molecule has 0 saturated heterocycles. The lowest BCUT2D eigenvalue weighted by atomic mass is 10.5. The fourth-order valence-electron chi connectivity index (χ4n) is 0.973. The van der Waals surface area contributed by atoms with Crippen molar-refractivity contribution in [3.63, 3.8) is 0 Å². The van der Waals surface area contributed by atoms with E-state index in [-0.39, 0.29) is 0 Å². The first-order chi connectivity index (χ1) is 4.30. The van der Waals surface area contributed by atoms with Gasteiger partial charge in [-0.15, -0.1) is 4.94 Å². The van der Waals surface area contributed by atoms with Gasteiger partial charge in [-0.05, 0) is 6.42 Å². The molecule has 0 spiro atoms. The summed E-state index contributed by atoms with van der Waals surface area (Å²) in [4.78, 5) is 2.30. The van der Waals surface area contributed by atoms with Crippen LogP contribution in [-0.2, 0) is 3.79 Å². The first-order valence-corrected chi connectivity index (χ1v) is 5.39. The summed E-state index contributed by atoms with van der Waals surface area (Å²) in [6, 6.07) is 0. The van der Waals surface area contributed by atoms with Gasteiger partial charge in [0, 0.05) is 6.61 Å². The van der Waals surface area contributed by atoms with Gasteiger partial charge in [-0.25, -0.2) is 0 Å². The third-order valence-electron chi connectivity index (χ3n) is 1.58. The smallest absolute Gasteiger partial charge is 0.497 e. The third-order valence-corrected chi connectivity index (χ3v) is 4.16. The molecule has 1 aliphatic rings. The standard InChI is InChI=1S/C4H6O.C3H7.Al/c1-2-3-4-5;1-3-2;/h1-2H,3-4H2;3H,1-2H3;/q-1;;+1. The van der Waals surface area contributed by atoms with Gasteiger partial charge in [-0.2, -0.15) is 0 Å². The van der Waals surface area contributed by atoms with Crippen LogP contribution in [0.4, 0.5) is 0 Å². The van der Waals surface area contributed by atoms with Crippen LogP contribution in [0.3, 0.4) is 0 Å². The quantitative estimate of drug-likeness (QED) is 0.505. The van der Waals surface area contributed by atoms with Gasteiger partial charge in [-0.1, -0.05) is 24.7 Å². The van der Waals surface area contributed by atoms with Gasteiger partial charge in [0.1, 0.15) is 0 Å². The maximum absolute atomic E-state index is 5.59. The minimum Gasteiger partial charge on any atom is -0.497 e. The lowest BCUT2D eigenvalue weighted by molar-refractivity contribution is 0.321. The largest absolute Gasteiger partial charge is 0.497 e. The van der Waals surface area contributed by atoms with E-state index in [2.05, 4.69) is 24.9 Å². The molecule has 0 amide bonds. The maximum atomic E-state index is 5.59. The van der Waals surface area contributed by atoms with Gasteiger partial charge in [0.2, 0.25) is 0 Å². The summed E-state index contributed by atoms with van der Waals surface area (Å²) < 4.78 is 6.36. The molecule has 0 aliphatic carbocycles. The molecule has 0 radical (unpaired) electrons. The first-order valence-electron chi connectivity index (χ1n) is 3.59. The minimum absolute atomic E-state index is 0.765. The van der Waals surface area contributed by atoms with E-state index in [1.54, 1.807) is 0 Å². The highest BCUT2D eigenvalue weighted by Crippen LogP contribution is 2.13. The molecule has 50 valence electrons. The predicted molar refractivity (Wildman–Crippen MR) is 40.6 cm³/mol. The van der Waals surface area contributed by atoms with E-state index in [1.165, 1.54) is 0 Å². The Morgan fingerprint density at radius 1 is 1.56 bits per heavy atom. The SMILES string of the molecule is C[CH](C)[Al]1[CH]=CCC[O]1. The molecule has 0 fully saturated rings. The van der Waals surface area contributed by atoms with Crippen molar-refractivity contribution in [2.24, 2.45) is 0 Å². The Kier molecular flexibility index (Phi) is 2.78. The van der Waals surface area contributed by atoms with E-state index in [0.29, 0.717) is 0 Å². The van der Waals surface area contributed by atoms with Crippen molar-refractivity contribution in [1.29, 1.82) is 0 Å². The zero-order valence-electron chi connectivity index (χ0n) is 6.13. The Labute approximate surface area is 61.4 Å². The molecule has 1 heterocycles. The molecule has 9 heavy (non-hydrogen) atoms. The van der Waals surface area contributed by atoms with Gasteiger partial charge < -0.3 is 3.79 Å². The second kappa shape index (κ2) is 3.41. The van der Waals surface area contributed by atoms with Crippen LogP contribution < -0.4 is 0 Å². The molecule has 1 aliphatic heterocycles. The number of hydrogen-bond acceptors (Lipinski definition) is 1. The summed E-state index contributed by atoms with van der Waals surface area (Å²) in [5, 5.41) is 0. The van der Waals surface area contributed by atoms with Crippen LogP contribution in [-0.4, -0.2) is 21.1 Å². The lowest BCUT2D eigenvalue weighted by Gasteiger charge is -2.15. The molecule has 0 saturated carbocycles. The van der Waals surface area contributed by atoms with E-state index in [0.717, 1.165) is 17.8 Å². The van der Waals surface area contributed by atoms with Crippen molar-refractivity contribution in [2.75, 3.05) is 6.61 Å². The second-order valence-electron chi connectivity index (χ2n) is 2.80. The fourth-order valence-corrected chi connectivity index (χ4v) is 2.78. The van der Waals surface area contributed by atoms with Crippen LogP contribution in [0.1, 0.15) is 20.3 Å². The van der Waals surface area contributed by atoms with Crippen molar-refractivity contribution < 1.29 is 3.79 Å². The monoisotopic (exact) mass is 140 g/mol. The maximum Gasteiger partial charge on any atom is 0.497 e. The Balaban J connectivity index is 2.40. The van der Waals surface area contributed by atoms with Gasteiger partial charge in [-0.3, -0.25) is 0 Å². The van der Waals surface area contributed by atoms with Gasteiger partial charge in [0.25, 0.3) is 0 Å². The summed E-state index contributed by atoms with van der Waals surface area (Å²) in [5.41, 5.74) is 0. The summed E-state index contributed by atoms with van der Waals surface area (Å²) in [6.07, 6.45) is 3.39. The van der Waals surface area contributed by atoms with Gasteiger partial charge >= 0.3 is 14.5 Å². The van der Waals surface area contributed by atoms with Crippen molar-refractivity contribution in [1.82, 2.24) is 0 Å². The van der Waals surface area contributed by atoms with Crippen LogP contribution in [0.2, 0.25) is 4.78 Å². The Hall–Kier alpha value is 0.232. The molecule has 0 N–H and O–H groups in total. The molecule has 1 nitrogen and oxygen atoms in total. The number of hydrogen-bond donors (Lipinski definition) is 0. The average molecular weight is 140 g/mol. The summed E-state index contributed by atoms with van der Waals surface area (Å²) in [7, 11) is 0. The highest BCUT2D eigenvalue weighted by Gasteiger charge is 2.22. The average Bonchev–Trinajstić information content (AvgIpc) is 1.90. The Morgan fingerprint density at radius 3 is 2.67 bits per heavy atom. The summed E-state index contributed by atoms with van der Waals surface area (Å²) >= 11 is -0.880. The molecule has 0 aromatic carbocycles. The predicted octanol–water partition coefficient (Wildman–Crippen LogP) is 1.90. The molecule has 0 unspecified atom stereocenters. The summed E-state index contributed by atoms with van der Waals surface area (Å²) in [5.74, 6) is 0. The van der Waals surface area contributed by atoms with Crippen molar-refractivity contribution in [2.45, 2.75) is 25.0 Å². The normalized spacial score (nSPS) is 19.2. The van der Waals surface area contributed by atoms with E-state index < -0.39 is 14.5 Å². The molecule has 0 bridgehead atoms. The lowest BCUT2D eigenvalue weighted by Crippen LogP contribution is -2.22. The zero-order chi connectivity index (χ0) is 6.69. The Bertz CT molecular complexity index is 109. The van der Waals surface area contributed by atoms with Crippen LogP contribution in [0.25, 0.3) is 0 Å².